The minimum atomic E-state index is -1.60. The van der Waals surface area contributed by atoms with E-state index in [2.05, 4.69) is 0 Å². The zero-order valence-electron chi connectivity index (χ0n) is 9.30. The Hall–Kier alpha value is -1.28. The Morgan fingerprint density at radius 3 is 1.53 bits per heavy atom. The maximum atomic E-state index is 10.9. The Morgan fingerprint density at radius 2 is 1.12 bits per heavy atom. The summed E-state index contributed by atoms with van der Waals surface area (Å²) in [6, 6.07) is 15.3. The van der Waals surface area contributed by atoms with Gasteiger partial charge in [0.2, 0.25) is 0 Å². The molecule has 2 aromatic carbocycles. The summed E-state index contributed by atoms with van der Waals surface area (Å²) in [5, 5.41) is 0. The van der Waals surface area contributed by atoms with Crippen molar-refractivity contribution >= 4 is 18.7 Å². The molecule has 0 amide bonds. The first-order valence-corrected chi connectivity index (χ1v) is 10.9. The van der Waals surface area contributed by atoms with E-state index in [0.29, 0.717) is 0 Å². The topological polar surface area (TPSA) is 34.1 Å². The average molecular weight is 411 g/mol. The number of aldehydes is 2. The van der Waals surface area contributed by atoms with Crippen molar-refractivity contribution in [3.05, 3.63) is 59.7 Å². The number of carbonyl (C=O) groups is 2. The molecule has 0 saturated heterocycles. The first-order valence-electron chi connectivity index (χ1n) is 5.41. The fraction of sp³-hybridized carbons (Fsp3) is 0. The number of hydrogen-bond acceptors (Lipinski definition) is 2. The molecule has 3 heteroatoms. The Kier molecular flexibility index (Phi) is 4.21. The van der Waals surface area contributed by atoms with E-state index < -0.39 is 24.6 Å². The van der Waals surface area contributed by atoms with E-state index in [4.69, 9.17) is 0 Å². The van der Waals surface area contributed by atoms with E-state index in [1.807, 2.05) is 48.5 Å². The second-order valence-corrected chi connectivity index (χ2v) is 11.1. The molecule has 2 aromatic rings. The molecule has 0 spiro atoms. The molecule has 17 heavy (non-hydrogen) atoms. The fourth-order valence-corrected chi connectivity index (χ4v) is 8.55. The van der Waals surface area contributed by atoms with Crippen LogP contribution in [0.5, 0.6) is 0 Å². The number of benzene rings is 2. The summed E-state index contributed by atoms with van der Waals surface area (Å²) in [6.45, 7) is 0. The van der Waals surface area contributed by atoms with Crippen molar-refractivity contribution in [3.8, 4) is 0 Å². The van der Waals surface area contributed by atoms with Crippen molar-refractivity contribution in [3.63, 3.8) is 0 Å². The molecular formula is C14H10HgO2. The van der Waals surface area contributed by atoms with Crippen LogP contribution < -0.4 is 6.14 Å². The monoisotopic (exact) mass is 412 g/mol. The maximum absolute atomic E-state index is 10.9. The summed E-state index contributed by atoms with van der Waals surface area (Å²) in [5.41, 5.74) is 1.55. The van der Waals surface area contributed by atoms with Gasteiger partial charge in [-0.25, -0.2) is 0 Å². The molecule has 80 valence electrons. The van der Waals surface area contributed by atoms with Crippen molar-refractivity contribution in [2.45, 2.75) is 0 Å². The molecular weight excluding hydrogens is 401 g/mol. The van der Waals surface area contributed by atoms with Crippen LogP contribution in [0, 0.1) is 0 Å². The molecule has 0 fully saturated rings. The van der Waals surface area contributed by atoms with Crippen molar-refractivity contribution in [2.24, 2.45) is 0 Å². The molecule has 0 saturated carbocycles. The number of hydrogen-bond donors (Lipinski definition) is 0. The molecule has 0 unspecified atom stereocenters. The predicted molar refractivity (Wildman–Crippen MR) is 62.9 cm³/mol. The van der Waals surface area contributed by atoms with E-state index in [0.717, 1.165) is 29.8 Å². The average Bonchev–Trinajstić information content (AvgIpc) is 2.40. The first kappa shape index (κ1) is 12.2. The molecule has 0 aliphatic rings. The molecule has 0 radical (unpaired) electrons. The van der Waals surface area contributed by atoms with Gasteiger partial charge in [-0.3, -0.25) is 0 Å². The molecule has 0 N–H and O–H groups in total. The van der Waals surface area contributed by atoms with Crippen LogP contribution in [0.15, 0.2) is 48.5 Å². The van der Waals surface area contributed by atoms with E-state index >= 15 is 0 Å². The van der Waals surface area contributed by atoms with Gasteiger partial charge in [0.15, 0.2) is 0 Å². The summed E-state index contributed by atoms with van der Waals surface area (Å²) >= 11 is -1.60. The normalized spacial score (nSPS) is 9.41. The van der Waals surface area contributed by atoms with Gasteiger partial charge >= 0.3 is 113 Å². The van der Waals surface area contributed by atoms with Gasteiger partial charge in [-0.05, 0) is 0 Å². The van der Waals surface area contributed by atoms with Gasteiger partial charge in [0, 0.05) is 0 Å². The molecule has 2 rings (SSSR count). The van der Waals surface area contributed by atoms with Crippen LogP contribution in [0.1, 0.15) is 20.7 Å². The third kappa shape index (κ3) is 2.89. The van der Waals surface area contributed by atoms with Crippen LogP contribution in [0.25, 0.3) is 0 Å². The first-order chi connectivity index (χ1) is 8.35. The molecule has 0 heterocycles. The third-order valence-electron chi connectivity index (χ3n) is 2.75. The summed E-state index contributed by atoms with van der Waals surface area (Å²) < 4.78 is 2.33. The van der Waals surface area contributed by atoms with Gasteiger partial charge < -0.3 is 0 Å². The molecule has 2 nitrogen and oxygen atoms in total. The van der Waals surface area contributed by atoms with Gasteiger partial charge in [-0.15, -0.1) is 0 Å². The molecule has 0 aliphatic heterocycles. The molecule has 0 atom stereocenters. The molecule has 0 bridgehead atoms. The zero-order chi connectivity index (χ0) is 12.1. The van der Waals surface area contributed by atoms with E-state index in [1.165, 1.54) is 0 Å². The van der Waals surface area contributed by atoms with Gasteiger partial charge in [0.1, 0.15) is 0 Å². The van der Waals surface area contributed by atoms with Crippen LogP contribution in [-0.4, -0.2) is 12.6 Å². The third-order valence-corrected chi connectivity index (χ3v) is 10.7. The Bertz CT molecular complexity index is 500. The van der Waals surface area contributed by atoms with Crippen molar-refractivity contribution in [1.29, 1.82) is 0 Å². The van der Waals surface area contributed by atoms with Gasteiger partial charge in [-0.1, -0.05) is 0 Å². The molecule has 0 aliphatic carbocycles. The standard InChI is InChI=1S/2C7H5O.Hg/c2*8-6-7-4-2-1-3-5-7;/h2*1-4,6H;. The van der Waals surface area contributed by atoms with Crippen molar-refractivity contribution in [2.75, 3.05) is 0 Å². The fourth-order valence-electron chi connectivity index (χ4n) is 1.83. The van der Waals surface area contributed by atoms with Crippen LogP contribution in [0.3, 0.4) is 0 Å². The van der Waals surface area contributed by atoms with Gasteiger partial charge in [0.05, 0.1) is 0 Å². The quantitative estimate of drug-likeness (QED) is 0.563. The van der Waals surface area contributed by atoms with Crippen LogP contribution >= 0.6 is 0 Å². The number of carbonyl (C=O) groups excluding carboxylic acids is 2. The minimum absolute atomic E-state index is 0.773. The van der Waals surface area contributed by atoms with Crippen LogP contribution in [0.4, 0.5) is 0 Å². The second kappa shape index (κ2) is 5.87. The Balaban J connectivity index is 2.37. The zero-order valence-corrected chi connectivity index (χ0v) is 14.8. The predicted octanol–water partition coefficient (Wildman–Crippen LogP) is 1.34. The second-order valence-electron chi connectivity index (χ2n) is 3.81. The number of rotatable bonds is 4. The summed E-state index contributed by atoms with van der Waals surface area (Å²) in [5.74, 6) is 0. The van der Waals surface area contributed by atoms with Gasteiger partial charge in [-0.2, -0.15) is 0 Å². The van der Waals surface area contributed by atoms with Crippen LogP contribution in [0.2, 0.25) is 0 Å². The molecule has 0 aromatic heterocycles. The van der Waals surface area contributed by atoms with Crippen molar-refractivity contribution < 1.29 is 34.2 Å². The Morgan fingerprint density at radius 1 is 0.706 bits per heavy atom. The summed E-state index contributed by atoms with van der Waals surface area (Å²) in [6.07, 6.45) is 1.80. The van der Waals surface area contributed by atoms with Crippen molar-refractivity contribution in [1.82, 2.24) is 0 Å². The summed E-state index contributed by atoms with van der Waals surface area (Å²) in [4.78, 5) is 21.9. The summed E-state index contributed by atoms with van der Waals surface area (Å²) in [7, 11) is 0. The van der Waals surface area contributed by atoms with Gasteiger partial charge in [0.25, 0.3) is 0 Å². The van der Waals surface area contributed by atoms with E-state index in [9.17, 15) is 9.59 Å². The SMILES string of the molecule is O=Cc1cccc[c]1[Hg][c]1ccccc1C=O. The van der Waals surface area contributed by atoms with Crippen LogP contribution in [-0.2, 0) is 24.6 Å². The van der Waals surface area contributed by atoms with E-state index in [1.54, 1.807) is 0 Å². The Labute approximate surface area is 112 Å². The van der Waals surface area contributed by atoms with E-state index in [-0.39, 0.29) is 0 Å².